The molecule has 2 unspecified atom stereocenters. The molecule has 0 aliphatic carbocycles. The average Bonchev–Trinajstić information content (AvgIpc) is 3.87. The molecule has 2 N–H and O–H groups in total. The number of aromatic carboxylic acids is 1. The highest BCUT2D eigenvalue weighted by molar-refractivity contribution is 5.95. The minimum atomic E-state index is -0.975. The number of nitrogens with one attached hydrogen (secondary N) is 1. The molecule has 2 aromatic heterocycles. The first-order chi connectivity index (χ1) is 26.8. The van der Waals surface area contributed by atoms with Gasteiger partial charge < -0.3 is 24.4 Å². The summed E-state index contributed by atoms with van der Waals surface area (Å²) in [5.41, 5.74) is 5.13. The summed E-state index contributed by atoms with van der Waals surface area (Å²) in [5.74, 6) is 2.35. The Balaban J connectivity index is 0.000000155. The number of carboxylic acid groups (broad SMARTS) is 1. The van der Waals surface area contributed by atoms with Crippen LogP contribution >= 0.6 is 0 Å². The molecule has 2 aliphatic rings. The molecular formula is C44H48N6O5. The van der Waals surface area contributed by atoms with Crippen molar-refractivity contribution in [1.82, 2.24) is 30.5 Å². The topological polar surface area (TPSA) is 147 Å². The molecule has 2 fully saturated rings. The van der Waals surface area contributed by atoms with Gasteiger partial charge in [-0.25, -0.2) is 4.79 Å². The zero-order chi connectivity index (χ0) is 38.4. The van der Waals surface area contributed by atoms with Crippen LogP contribution in [0.25, 0.3) is 22.8 Å². The van der Waals surface area contributed by atoms with E-state index in [0.717, 1.165) is 37.4 Å². The number of aromatic nitrogens is 4. The summed E-state index contributed by atoms with van der Waals surface area (Å²) in [7, 11) is 0. The van der Waals surface area contributed by atoms with Gasteiger partial charge in [0, 0.05) is 43.6 Å². The lowest BCUT2D eigenvalue weighted by molar-refractivity contribution is 0.0670. The fourth-order valence-electron chi connectivity index (χ4n) is 7.01. The van der Waals surface area contributed by atoms with Crippen molar-refractivity contribution < 1.29 is 23.7 Å². The predicted molar refractivity (Wildman–Crippen MR) is 210 cm³/mol. The maximum atomic E-state index is 13.0. The molecule has 0 saturated carbocycles. The second-order valence-corrected chi connectivity index (χ2v) is 14.1. The number of carboxylic acids is 1. The summed E-state index contributed by atoms with van der Waals surface area (Å²) >= 11 is 0. The van der Waals surface area contributed by atoms with Crippen molar-refractivity contribution in [3.63, 3.8) is 0 Å². The van der Waals surface area contributed by atoms with Crippen LogP contribution in [-0.2, 0) is 12.8 Å². The van der Waals surface area contributed by atoms with Crippen LogP contribution in [0.2, 0.25) is 0 Å². The Morgan fingerprint density at radius 2 is 1.25 bits per heavy atom. The SMILES string of the molecule is Cc1nc(-c2cccc(C(=O)N3CCCC(Cc4ccccc4)C3)c2)no1.Cc1nc(-c2cccc(C(=O)O)c2)no1.c1ccc(CC2CCCNC2)cc1. The molecular weight excluding hydrogens is 693 g/mol. The van der Waals surface area contributed by atoms with E-state index >= 15 is 0 Å². The third kappa shape index (κ3) is 11.5. The van der Waals surface area contributed by atoms with Gasteiger partial charge in [-0.3, -0.25) is 4.79 Å². The summed E-state index contributed by atoms with van der Waals surface area (Å²) in [6.07, 6.45) is 7.22. The van der Waals surface area contributed by atoms with Crippen LogP contribution in [0.5, 0.6) is 0 Å². The summed E-state index contributed by atoms with van der Waals surface area (Å²) < 4.78 is 9.86. The largest absolute Gasteiger partial charge is 0.478 e. The van der Waals surface area contributed by atoms with Crippen LogP contribution in [0.3, 0.4) is 0 Å². The normalized spacial score (nSPS) is 16.6. The van der Waals surface area contributed by atoms with Gasteiger partial charge in [0.15, 0.2) is 0 Å². The molecule has 0 bridgehead atoms. The van der Waals surface area contributed by atoms with Crippen LogP contribution in [0.1, 0.15) is 69.3 Å². The molecule has 11 heteroatoms. The fourth-order valence-corrected chi connectivity index (χ4v) is 7.01. The number of nitrogens with zero attached hydrogens (tertiary/aromatic N) is 5. The first-order valence-electron chi connectivity index (χ1n) is 18.9. The van der Waals surface area contributed by atoms with Crippen molar-refractivity contribution in [3.8, 4) is 22.8 Å². The smallest absolute Gasteiger partial charge is 0.335 e. The van der Waals surface area contributed by atoms with E-state index in [-0.39, 0.29) is 11.5 Å². The molecule has 55 heavy (non-hydrogen) atoms. The molecule has 2 aliphatic heterocycles. The van der Waals surface area contributed by atoms with Gasteiger partial charge in [0.05, 0.1) is 5.56 Å². The molecule has 4 aromatic carbocycles. The van der Waals surface area contributed by atoms with E-state index in [1.165, 1.54) is 62.0 Å². The Bertz CT molecular complexity index is 2110. The maximum absolute atomic E-state index is 13.0. The molecule has 6 aromatic rings. The van der Waals surface area contributed by atoms with Crippen LogP contribution in [-0.4, -0.2) is 68.3 Å². The Labute approximate surface area is 321 Å². The number of aryl methyl sites for hydroxylation is 2. The number of hydrogen-bond acceptors (Lipinski definition) is 9. The van der Waals surface area contributed by atoms with Gasteiger partial charge in [0.25, 0.3) is 5.91 Å². The highest BCUT2D eigenvalue weighted by Gasteiger charge is 2.25. The van der Waals surface area contributed by atoms with Gasteiger partial charge in [0.1, 0.15) is 0 Å². The van der Waals surface area contributed by atoms with Gasteiger partial charge in [-0.15, -0.1) is 0 Å². The van der Waals surface area contributed by atoms with Crippen LogP contribution in [0.4, 0.5) is 0 Å². The zero-order valence-corrected chi connectivity index (χ0v) is 31.4. The summed E-state index contributed by atoms with van der Waals surface area (Å²) in [5, 5.41) is 19.9. The quantitative estimate of drug-likeness (QED) is 0.157. The Morgan fingerprint density at radius 3 is 1.78 bits per heavy atom. The average molecular weight is 741 g/mol. The van der Waals surface area contributed by atoms with Crippen molar-refractivity contribution in [2.24, 2.45) is 11.8 Å². The van der Waals surface area contributed by atoms with Crippen LogP contribution < -0.4 is 5.32 Å². The first kappa shape index (κ1) is 38.8. The Morgan fingerprint density at radius 1 is 0.709 bits per heavy atom. The van der Waals surface area contributed by atoms with Gasteiger partial charge in [-0.05, 0) is 98.8 Å². The van der Waals surface area contributed by atoms with Gasteiger partial charge in [0.2, 0.25) is 23.4 Å². The standard InChI is InChI=1S/C22H23N3O2.C12H17N.C10H8N2O3/c1-16-23-21(24-27-16)19-10-5-11-20(14-19)22(26)25-12-6-9-18(15-25)13-17-7-3-2-4-8-17;1-2-5-11(6-3-1)9-12-7-4-8-13-10-12;1-6-11-9(12-15-6)7-3-2-4-8(5-7)10(13)14/h2-5,7-8,10-11,14,18H,6,9,12-13,15H2,1H3;1-3,5-6,12-13H,4,7-10H2;2-5H,1H3,(H,13,14). The van der Waals surface area contributed by atoms with Crippen LogP contribution in [0.15, 0.2) is 118 Å². The highest BCUT2D eigenvalue weighted by Crippen LogP contribution is 2.24. The van der Waals surface area contributed by atoms with E-state index in [4.69, 9.17) is 14.2 Å². The molecule has 0 spiro atoms. The number of amides is 1. The predicted octanol–water partition coefficient (Wildman–Crippen LogP) is 8.11. The third-order valence-corrected chi connectivity index (χ3v) is 9.73. The Kier molecular flexibility index (Phi) is 13.7. The van der Waals surface area contributed by atoms with E-state index < -0.39 is 5.97 Å². The second kappa shape index (κ2) is 19.4. The monoisotopic (exact) mass is 740 g/mol. The minimum Gasteiger partial charge on any atom is -0.478 e. The number of hydrogen-bond donors (Lipinski definition) is 2. The number of carbonyl (C=O) groups excluding carboxylic acids is 1. The molecule has 2 atom stereocenters. The van der Waals surface area contributed by atoms with E-state index in [0.29, 0.717) is 40.5 Å². The van der Waals surface area contributed by atoms with Crippen molar-refractivity contribution in [3.05, 3.63) is 143 Å². The number of rotatable bonds is 8. The van der Waals surface area contributed by atoms with Gasteiger partial charge in [-0.2, -0.15) is 9.97 Å². The zero-order valence-electron chi connectivity index (χ0n) is 31.4. The maximum Gasteiger partial charge on any atom is 0.335 e. The molecule has 1 amide bonds. The van der Waals surface area contributed by atoms with Crippen molar-refractivity contribution in [1.29, 1.82) is 0 Å². The fraction of sp³-hybridized carbons (Fsp3) is 0.318. The van der Waals surface area contributed by atoms with Crippen molar-refractivity contribution in [2.45, 2.75) is 52.4 Å². The lowest BCUT2D eigenvalue weighted by atomic mass is 9.91. The molecule has 2 saturated heterocycles. The van der Waals surface area contributed by atoms with Crippen molar-refractivity contribution in [2.75, 3.05) is 26.2 Å². The number of likely N-dealkylation sites (tertiary alicyclic amines) is 1. The van der Waals surface area contributed by atoms with Crippen molar-refractivity contribution >= 4 is 11.9 Å². The van der Waals surface area contributed by atoms with E-state index in [2.05, 4.69) is 80.2 Å². The molecule has 284 valence electrons. The number of benzene rings is 4. The van der Waals surface area contributed by atoms with Gasteiger partial charge in [-0.1, -0.05) is 95.2 Å². The molecule has 8 rings (SSSR count). The van der Waals surface area contributed by atoms with Gasteiger partial charge >= 0.3 is 5.97 Å². The van der Waals surface area contributed by atoms with Crippen LogP contribution in [0, 0.1) is 25.7 Å². The summed E-state index contributed by atoms with van der Waals surface area (Å²) in [4.78, 5) is 34.0. The molecule has 0 radical (unpaired) electrons. The first-order valence-corrected chi connectivity index (χ1v) is 18.9. The number of carbonyl (C=O) groups is 2. The number of piperidine rings is 2. The molecule has 11 nitrogen and oxygen atoms in total. The Hall–Kier alpha value is -5.94. The van der Waals surface area contributed by atoms with E-state index in [1.807, 2.05) is 35.2 Å². The molecule has 4 heterocycles. The van der Waals surface area contributed by atoms with E-state index in [9.17, 15) is 9.59 Å². The second-order valence-electron chi connectivity index (χ2n) is 14.1. The lowest BCUT2D eigenvalue weighted by Gasteiger charge is -2.33. The summed E-state index contributed by atoms with van der Waals surface area (Å²) in [6, 6.07) is 35.2. The highest BCUT2D eigenvalue weighted by atomic mass is 16.5. The minimum absolute atomic E-state index is 0.0785. The third-order valence-electron chi connectivity index (χ3n) is 9.73. The lowest BCUT2D eigenvalue weighted by Crippen LogP contribution is -2.40. The summed E-state index contributed by atoms with van der Waals surface area (Å²) in [6.45, 7) is 7.47. The van der Waals surface area contributed by atoms with E-state index in [1.54, 1.807) is 26.0 Å².